The summed E-state index contributed by atoms with van der Waals surface area (Å²) in [4.78, 5) is 25.9. The fraction of sp³-hybridized carbons (Fsp3) is 0.360. The average Bonchev–Trinajstić information content (AvgIpc) is 3.26. The number of carbonyl (C=O) groups excluding carboxylic acids is 2. The summed E-state index contributed by atoms with van der Waals surface area (Å²) < 4.78 is 41.3. The minimum atomic E-state index is -2.56. The first-order chi connectivity index (χ1) is 16.4. The zero-order chi connectivity index (χ0) is 24.7. The van der Waals surface area contributed by atoms with Crippen molar-refractivity contribution in [2.24, 2.45) is 5.92 Å². The summed E-state index contributed by atoms with van der Waals surface area (Å²) in [5, 5.41) is 2.90. The van der Waals surface area contributed by atoms with Gasteiger partial charge in [0.1, 0.15) is 0 Å². The predicted octanol–water partition coefficient (Wildman–Crippen LogP) is 5.04. The maximum atomic E-state index is 12.9. The number of hydrogen-bond acceptors (Lipinski definition) is 6. The van der Waals surface area contributed by atoms with Crippen molar-refractivity contribution in [2.45, 2.75) is 36.0 Å². The van der Waals surface area contributed by atoms with E-state index in [9.17, 15) is 18.4 Å². The van der Waals surface area contributed by atoms with Gasteiger partial charge in [0.15, 0.2) is 11.5 Å². The number of benzene rings is 2. The van der Waals surface area contributed by atoms with Crippen LogP contribution in [0.15, 0.2) is 59.5 Å². The second-order valence-electron chi connectivity index (χ2n) is 7.61. The van der Waals surface area contributed by atoms with Crippen molar-refractivity contribution in [1.29, 1.82) is 0 Å². The van der Waals surface area contributed by atoms with Crippen molar-refractivity contribution in [3.05, 3.63) is 65.7 Å². The van der Waals surface area contributed by atoms with Gasteiger partial charge < -0.3 is 19.5 Å². The molecule has 0 saturated carbocycles. The highest BCUT2D eigenvalue weighted by Gasteiger charge is 2.35. The summed E-state index contributed by atoms with van der Waals surface area (Å²) in [6.07, 6.45) is 4.22. The molecule has 1 aliphatic rings. The van der Waals surface area contributed by atoms with Gasteiger partial charge >= 0.3 is 5.97 Å². The van der Waals surface area contributed by atoms with Crippen LogP contribution in [0.1, 0.15) is 35.2 Å². The number of allylic oxidation sites excluding steroid dienone is 1. The van der Waals surface area contributed by atoms with E-state index in [1.165, 1.54) is 26.4 Å². The minimum Gasteiger partial charge on any atom is -0.493 e. The van der Waals surface area contributed by atoms with E-state index < -0.39 is 11.7 Å². The molecule has 0 bridgehead atoms. The third-order valence-corrected chi connectivity index (χ3v) is 6.19. The number of alkyl halides is 2. The van der Waals surface area contributed by atoms with E-state index in [-0.39, 0.29) is 30.4 Å². The molecular weight excluding hydrogens is 464 g/mol. The van der Waals surface area contributed by atoms with Gasteiger partial charge in [0.2, 0.25) is 0 Å². The highest BCUT2D eigenvalue weighted by molar-refractivity contribution is 7.99. The summed E-state index contributed by atoms with van der Waals surface area (Å²) in [7, 11) is 3.06. The Hall–Kier alpha value is -3.07. The van der Waals surface area contributed by atoms with Crippen molar-refractivity contribution in [2.75, 3.05) is 20.8 Å². The summed E-state index contributed by atoms with van der Waals surface area (Å²) in [6.45, 7) is 1.99. The van der Waals surface area contributed by atoms with Crippen molar-refractivity contribution in [3.63, 3.8) is 0 Å². The van der Waals surface area contributed by atoms with Crippen LogP contribution in [0, 0.1) is 5.92 Å². The normalized spacial score (nSPS) is 17.9. The Labute approximate surface area is 201 Å². The number of hydrogen-bond donors (Lipinski definition) is 1. The summed E-state index contributed by atoms with van der Waals surface area (Å²) >= 11 is 0.390. The first-order valence-electron chi connectivity index (χ1n) is 10.8. The van der Waals surface area contributed by atoms with Gasteiger partial charge in [-0.25, -0.2) is 0 Å². The Balaban J connectivity index is 1.75. The van der Waals surface area contributed by atoms with E-state index in [2.05, 4.69) is 5.32 Å². The molecule has 34 heavy (non-hydrogen) atoms. The second kappa shape index (κ2) is 11.9. The average molecular weight is 492 g/mol. The van der Waals surface area contributed by atoms with Crippen LogP contribution in [0.3, 0.4) is 0 Å². The number of halogens is 2. The van der Waals surface area contributed by atoms with Crippen LogP contribution >= 0.6 is 11.8 Å². The highest BCUT2D eigenvalue weighted by Crippen LogP contribution is 2.38. The third kappa shape index (κ3) is 6.28. The highest BCUT2D eigenvalue weighted by atomic mass is 32.2. The Kier molecular flexibility index (Phi) is 8.92. The molecule has 3 atom stereocenters. The standard InChI is InChI=1S/C25H27F2NO5S/c1-4-33-24(30)22(16-9-11-20(31-2)21(14-16)32-3)15-8-10-18(12-15)28-23(29)17-6-5-7-19(13-17)34-25(26)27/h5-11,13-15,18,22,25H,4,12H2,1-3H3,(H,28,29)/t15-,18+,22-/m0/s1. The molecule has 2 aromatic carbocycles. The SMILES string of the molecule is CCOC(=O)[C@H](c1ccc(OC)c(OC)c1)[C@H]1C=C[C@@H](NC(=O)c2cccc(SC(F)F)c2)C1. The third-order valence-electron chi connectivity index (χ3n) is 5.49. The number of methoxy groups -OCH3 is 2. The number of thioether (sulfide) groups is 1. The quantitative estimate of drug-likeness (QED) is 0.285. The zero-order valence-corrected chi connectivity index (χ0v) is 19.9. The molecule has 6 nitrogen and oxygen atoms in total. The Morgan fingerprint density at radius 2 is 1.85 bits per heavy atom. The van der Waals surface area contributed by atoms with E-state index in [1.54, 1.807) is 37.3 Å². The number of ether oxygens (including phenoxy) is 3. The molecule has 0 aromatic heterocycles. The smallest absolute Gasteiger partial charge is 0.314 e. The fourth-order valence-corrected chi connectivity index (χ4v) is 4.54. The van der Waals surface area contributed by atoms with Crippen LogP contribution in [-0.4, -0.2) is 44.5 Å². The molecular formula is C25H27F2NO5S. The van der Waals surface area contributed by atoms with Crippen LogP contribution in [0.2, 0.25) is 0 Å². The van der Waals surface area contributed by atoms with Gasteiger partial charge in [-0.3, -0.25) is 9.59 Å². The van der Waals surface area contributed by atoms with Gasteiger partial charge in [-0.1, -0.05) is 36.0 Å². The lowest BCUT2D eigenvalue weighted by Crippen LogP contribution is -2.33. The molecule has 1 amide bonds. The van der Waals surface area contributed by atoms with Crippen LogP contribution in [0.25, 0.3) is 0 Å². The van der Waals surface area contributed by atoms with E-state index in [0.717, 1.165) is 5.56 Å². The molecule has 2 aromatic rings. The molecule has 1 N–H and O–H groups in total. The molecule has 0 aliphatic heterocycles. The van der Waals surface area contributed by atoms with Gasteiger partial charge in [-0.05, 0) is 55.2 Å². The molecule has 0 radical (unpaired) electrons. The van der Waals surface area contributed by atoms with Gasteiger partial charge in [-0.2, -0.15) is 8.78 Å². The largest absolute Gasteiger partial charge is 0.493 e. The van der Waals surface area contributed by atoms with Crippen molar-refractivity contribution in [3.8, 4) is 11.5 Å². The Morgan fingerprint density at radius 3 is 2.53 bits per heavy atom. The zero-order valence-electron chi connectivity index (χ0n) is 19.1. The molecule has 9 heteroatoms. The van der Waals surface area contributed by atoms with Crippen LogP contribution in [0.5, 0.6) is 11.5 Å². The van der Waals surface area contributed by atoms with Crippen LogP contribution < -0.4 is 14.8 Å². The fourth-order valence-electron chi connectivity index (χ4n) is 3.98. The lowest BCUT2D eigenvalue weighted by Gasteiger charge is -2.23. The maximum Gasteiger partial charge on any atom is 0.314 e. The van der Waals surface area contributed by atoms with E-state index in [4.69, 9.17) is 14.2 Å². The summed E-state index contributed by atoms with van der Waals surface area (Å²) in [5.74, 6) is -3.06. The van der Waals surface area contributed by atoms with E-state index >= 15 is 0 Å². The molecule has 0 heterocycles. The van der Waals surface area contributed by atoms with Crippen molar-refractivity contribution >= 4 is 23.6 Å². The number of carbonyl (C=O) groups is 2. The molecule has 0 fully saturated rings. The predicted molar refractivity (Wildman–Crippen MR) is 126 cm³/mol. The molecule has 1 aliphatic carbocycles. The number of nitrogens with one attached hydrogen (secondary N) is 1. The lowest BCUT2D eigenvalue weighted by atomic mass is 9.85. The van der Waals surface area contributed by atoms with Crippen LogP contribution in [0.4, 0.5) is 8.78 Å². The number of rotatable bonds is 10. The van der Waals surface area contributed by atoms with Crippen molar-refractivity contribution in [1.82, 2.24) is 5.32 Å². The van der Waals surface area contributed by atoms with Crippen LogP contribution in [-0.2, 0) is 9.53 Å². The molecule has 3 rings (SSSR count). The van der Waals surface area contributed by atoms with Gasteiger partial charge in [0.05, 0.1) is 26.7 Å². The first kappa shape index (κ1) is 25.6. The van der Waals surface area contributed by atoms with Crippen molar-refractivity contribution < 1.29 is 32.6 Å². The van der Waals surface area contributed by atoms with E-state index in [0.29, 0.717) is 40.1 Å². The number of esters is 1. The molecule has 0 saturated heterocycles. The topological polar surface area (TPSA) is 73.9 Å². The minimum absolute atomic E-state index is 0.219. The molecule has 0 unspecified atom stereocenters. The first-order valence-corrected chi connectivity index (χ1v) is 11.7. The van der Waals surface area contributed by atoms with E-state index in [1.807, 2.05) is 12.2 Å². The monoisotopic (exact) mass is 491 g/mol. The van der Waals surface area contributed by atoms with Gasteiger partial charge in [0, 0.05) is 16.5 Å². The van der Waals surface area contributed by atoms with Gasteiger partial charge in [0.25, 0.3) is 11.7 Å². The molecule has 0 spiro atoms. The van der Waals surface area contributed by atoms with Gasteiger partial charge in [-0.15, -0.1) is 0 Å². The number of amides is 1. The lowest BCUT2D eigenvalue weighted by molar-refractivity contribution is -0.146. The Morgan fingerprint density at radius 1 is 1.09 bits per heavy atom. The summed E-state index contributed by atoms with van der Waals surface area (Å²) in [5.41, 5.74) is 1.01. The second-order valence-corrected chi connectivity index (χ2v) is 8.68. The Bertz CT molecular complexity index is 1050. The summed E-state index contributed by atoms with van der Waals surface area (Å²) in [6, 6.07) is 11.1. The maximum absolute atomic E-state index is 12.9. The molecule has 182 valence electrons.